The van der Waals surface area contributed by atoms with Crippen molar-refractivity contribution < 1.29 is 9.18 Å². The maximum atomic E-state index is 13.8. The van der Waals surface area contributed by atoms with Crippen molar-refractivity contribution >= 4 is 46.1 Å². The van der Waals surface area contributed by atoms with Gasteiger partial charge in [0.25, 0.3) is 0 Å². The monoisotopic (exact) mass is 423 g/mol. The van der Waals surface area contributed by atoms with Gasteiger partial charge in [-0.15, -0.1) is 11.8 Å². The fraction of sp³-hybridized carbons (Fsp3) is 0.211. The molecule has 2 aromatic heterocycles. The molecule has 0 saturated carbocycles. The molecule has 0 amide bonds. The fourth-order valence-corrected chi connectivity index (χ4v) is 4.48. The third-order valence-corrected chi connectivity index (χ3v) is 6.17. The molecule has 4 nitrogen and oxygen atoms in total. The van der Waals surface area contributed by atoms with Gasteiger partial charge in [0.1, 0.15) is 11.5 Å². The number of hydrogen-bond donors (Lipinski definition) is 1. The van der Waals surface area contributed by atoms with Crippen molar-refractivity contribution in [1.82, 2.24) is 9.97 Å². The molecule has 0 unspecified atom stereocenters. The van der Waals surface area contributed by atoms with Gasteiger partial charge in [-0.2, -0.15) is 0 Å². The molecule has 0 aliphatic rings. The van der Waals surface area contributed by atoms with Crippen molar-refractivity contribution in [2.24, 2.45) is 0 Å². The van der Waals surface area contributed by atoms with Crippen LogP contribution in [0, 0.1) is 5.82 Å². The number of aryl methyl sites for hydroxylation is 1. The lowest BCUT2D eigenvalue weighted by molar-refractivity contribution is 0.111. The van der Waals surface area contributed by atoms with Gasteiger partial charge in [0, 0.05) is 19.0 Å². The summed E-state index contributed by atoms with van der Waals surface area (Å²) in [6, 6.07) is 10.3. The molecule has 0 radical (unpaired) electrons. The Balaban J connectivity index is 0.000000273. The van der Waals surface area contributed by atoms with Crippen LogP contribution in [-0.4, -0.2) is 23.3 Å². The zero-order valence-electron chi connectivity index (χ0n) is 14.9. The zero-order valence-corrected chi connectivity index (χ0v) is 17.3. The van der Waals surface area contributed by atoms with Crippen molar-refractivity contribution in [3.8, 4) is 0 Å². The number of carbonyl (C=O) groups is 1. The zero-order chi connectivity index (χ0) is 19.6. The van der Waals surface area contributed by atoms with Crippen LogP contribution in [-0.2, 0) is 12.2 Å². The van der Waals surface area contributed by atoms with Gasteiger partial charge in [0.05, 0.1) is 14.9 Å². The van der Waals surface area contributed by atoms with E-state index in [1.165, 1.54) is 0 Å². The number of aldehydes is 1. The molecule has 142 valence electrons. The first-order valence-electron chi connectivity index (χ1n) is 8.18. The normalized spacial score (nSPS) is 10.1. The molecule has 1 aromatic carbocycles. The number of halogens is 2. The van der Waals surface area contributed by atoms with E-state index < -0.39 is 0 Å². The van der Waals surface area contributed by atoms with E-state index in [4.69, 9.17) is 11.6 Å². The third kappa shape index (κ3) is 6.30. The molecule has 8 heteroatoms. The average Bonchev–Trinajstić information content (AvgIpc) is 3.12. The Morgan fingerprint density at radius 1 is 1.30 bits per heavy atom. The van der Waals surface area contributed by atoms with Gasteiger partial charge in [-0.25, -0.2) is 9.37 Å². The molecule has 0 bridgehead atoms. The molecule has 0 spiro atoms. The number of thioether (sulfide) groups is 1. The first-order chi connectivity index (χ1) is 13.1. The molecule has 27 heavy (non-hydrogen) atoms. The summed E-state index contributed by atoms with van der Waals surface area (Å²) in [5.41, 5.74) is 2.16. The van der Waals surface area contributed by atoms with Crippen LogP contribution in [0.15, 0.2) is 46.8 Å². The van der Waals surface area contributed by atoms with E-state index in [0.29, 0.717) is 17.0 Å². The number of anilines is 1. The molecule has 3 aromatic rings. The van der Waals surface area contributed by atoms with Crippen molar-refractivity contribution in [1.29, 1.82) is 0 Å². The number of pyridine rings is 1. The SMILES string of the molecule is CCc1nc(NC)sc1SCc1cccc(Cl)c1F.O=Cc1ccccn1. The Morgan fingerprint density at radius 3 is 2.70 bits per heavy atom. The van der Waals surface area contributed by atoms with Crippen LogP contribution < -0.4 is 5.32 Å². The molecular weight excluding hydrogens is 405 g/mol. The number of nitrogens with zero attached hydrogens (tertiary/aromatic N) is 2. The van der Waals surface area contributed by atoms with Gasteiger partial charge in [-0.1, -0.05) is 48.1 Å². The molecule has 0 atom stereocenters. The van der Waals surface area contributed by atoms with Crippen LogP contribution >= 0.6 is 34.7 Å². The highest BCUT2D eigenvalue weighted by molar-refractivity contribution is 8.00. The minimum atomic E-state index is -0.326. The largest absolute Gasteiger partial charge is 0.365 e. The lowest BCUT2D eigenvalue weighted by atomic mass is 10.2. The van der Waals surface area contributed by atoms with Crippen LogP contribution in [0.5, 0.6) is 0 Å². The van der Waals surface area contributed by atoms with Gasteiger partial charge < -0.3 is 5.32 Å². The van der Waals surface area contributed by atoms with Crippen LogP contribution in [0.4, 0.5) is 9.52 Å². The van der Waals surface area contributed by atoms with E-state index in [-0.39, 0.29) is 10.8 Å². The van der Waals surface area contributed by atoms with E-state index in [9.17, 15) is 9.18 Å². The van der Waals surface area contributed by atoms with Crippen LogP contribution in [0.1, 0.15) is 28.7 Å². The number of rotatable bonds is 6. The summed E-state index contributed by atoms with van der Waals surface area (Å²) >= 11 is 8.98. The molecule has 0 aliphatic heterocycles. The predicted octanol–water partition coefficient (Wildman–Crippen LogP) is 5.73. The van der Waals surface area contributed by atoms with E-state index in [1.807, 2.05) is 7.05 Å². The summed E-state index contributed by atoms with van der Waals surface area (Å²) in [6.45, 7) is 2.07. The molecule has 0 aliphatic carbocycles. The van der Waals surface area contributed by atoms with Crippen molar-refractivity contribution in [3.05, 3.63) is 70.4 Å². The lowest BCUT2D eigenvalue weighted by Gasteiger charge is -2.04. The topological polar surface area (TPSA) is 54.9 Å². The Kier molecular flexibility index (Phi) is 8.71. The summed E-state index contributed by atoms with van der Waals surface area (Å²) in [5, 5.41) is 4.11. The molecule has 3 rings (SSSR count). The smallest absolute Gasteiger partial charge is 0.183 e. The number of hydrogen-bond acceptors (Lipinski definition) is 6. The Labute approximate surface area is 171 Å². The fourth-order valence-electron chi connectivity index (χ4n) is 2.03. The lowest BCUT2D eigenvalue weighted by Crippen LogP contribution is -1.89. The summed E-state index contributed by atoms with van der Waals surface area (Å²) in [6.07, 6.45) is 3.18. The average molecular weight is 424 g/mol. The second-order valence-corrected chi connectivity index (χ2v) is 7.88. The summed E-state index contributed by atoms with van der Waals surface area (Å²) in [4.78, 5) is 18.1. The molecular formula is C19H19ClFN3OS2. The third-order valence-electron chi connectivity index (χ3n) is 3.41. The van der Waals surface area contributed by atoms with Crippen LogP contribution in [0.2, 0.25) is 5.02 Å². The minimum Gasteiger partial charge on any atom is -0.365 e. The highest BCUT2D eigenvalue weighted by Gasteiger charge is 2.12. The van der Waals surface area contributed by atoms with Gasteiger partial charge >= 0.3 is 0 Å². The summed E-state index contributed by atoms with van der Waals surface area (Å²) < 4.78 is 14.9. The summed E-state index contributed by atoms with van der Waals surface area (Å²) in [7, 11) is 1.85. The van der Waals surface area contributed by atoms with Gasteiger partial charge in [0.2, 0.25) is 0 Å². The number of carbonyl (C=O) groups excluding carboxylic acids is 1. The second kappa shape index (κ2) is 11.0. The van der Waals surface area contributed by atoms with Gasteiger partial charge in [-0.05, 0) is 30.2 Å². The Hall–Kier alpha value is -1.96. The molecule has 0 fully saturated rings. The van der Waals surface area contributed by atoms with E-state index >= 15 is 0 Å². The van der Waals surface area contributed by atoms with Crippen LogP contribution in [0.3, 0.4) is 0 Å². The molecule has 1 N–H and O–H groups in total. The quantitative estimate of drug-likeness (QED) is 0.405. The first kappa shape index (κ1) is 21.3. The first-order valence-corrected chi connectivity index (χ1v) is 10.4. The van der Waals surface area contributed by atoms with E-state index in [0.717, 1.165) is 27.7 Å². The van der Waals surface area contributed by atoms with Crippen molar-refractivity contribution in [3.63, 3.8) is 0 Å². The number of thiazole rings is 1. The highest BCUT2D eigenvalue weighted by Crippen LogP contribution is 2.35. The van der Waals surface area contributed by atoms with E-state index in [2.05, 4.69) is 22.2 Å². The standard InChI is InChI=1S/C13H14ClFN2S2.C6H5NO/c1-3-10-12(19-13(16-2)17-10)18-7-8-5-4-6-9(14)11(8)15;8-5-6-3-1-2-4-7-6/h4-6H,3,7H2,1-2H3,(H,16,17);1-5H. The van der Waals surface area contributed by atoms with Crippen LogP contribution in [0.25, 0.3) is 0 Å². The van der Waals surface area contributed by atoms with Gasteiger partial charge in [0.15, 0.2) is 11.4 Å². The number of aromatic nitrogens is 2. The Morgan fingerprint density at radius 2 is 2.11 bits per heavy atom. The van der Waals surface area contributed by atoms with E-state index in [1.54, 1.807) is 65.7 Å². The maximum absolute atomic E-state index is 13.8. The highest BCUT2D eigenvalue weighted by atomic mass is 35.5. The van der Waals surface area contributed by atoms with Crippen molar-refractivity contribution in [2.45, 2.75) is 23.3 Å². The van der Waals surface area contributed by atoms with Crippen molar-refractivity contribution in [2.75, 3.05) is 12.4 Å². The number of nitrogens with one attached hydrogen (secondary N) is 1. The minimum absolute atomic E-state index is 0.175. The molecule has 0 saturated heterocycles. The molecule has 2 heterocycles. The van der Waals surface area contributed by atoms with Gasteiger partial charge in [-0.3, -0.25) is 9.78 Å². The predicted molar refractivity (Wildman–Crippen MR) is 112 cm³/mol. The number of benzene rings is 1. The Bertz CT molecular complexity index is 875. The summed E-state index contributed by atoms with van der Waals surface area (Å²) in [5.74, 6) is 0.234. The second-order valence-electron chi connectivity index (χ2n) is 5.23. The maximum Gasteiger partial charge on any atom is 0.183 e.